The molecule has 3 heterocycles. The number of amides is 2. The van der Waals surface area contributed by atoms with E-state index in [0.29, 0.717) is 49.4 Å². The lowest BCUT2D eigenvalue weighted by atomic mass is 10.0. The normalized spacial score (nSPS) is 12.4. The molecule has 0 radical (unpaired) electrons. The van der Waals surface area contributed by atoms with Gasteiger partial charge in [0.1, 0.15) is 0 Å². The van der Waals surface area contributed by atoms with Crippen molar-refractivity contribution in [3.63, 3.8) is 0 Å². The SMILES string of the molecule is Cc1cc(C(=O)N(C)CCCOc2c(-c3ccc4c(c3)CC(=O)N4)cnn2C)c(C=O)[nH]1. The number of aryl methyl sites for hydroxylation is 2. The second kappa shape index (κ2) is 8.70. The lowest BCUT2D eigenvalue weighted by Gasteiger charge is -2.17. The molecule has 0 bridgehead atoms. The maximum Gasteiger partial charge on any atom is 0.255 e. The molecule has 32 heavy (non-hydrogen) atoms. The Kier molecular flexibility index (Phi) is 5.81. The monoisotopic (exact) mass is 435 g/mol. The Morgan fingerprint density at radius 1 is 1.34 bits per heavy atom. The molecule has 0 aliphatic carbocycles. The second-order valence-electron chi connectivity index (χ2n) is 7.91. The highest BCUT2D eigenvalue weighted by molar-refractivity contribution is 6.01. The number of benzene rings is 1. The van der Waals surface area contributed by atoms with Gasteiger partial charge in [-0.15, -0.1) is 0 Å². The fourth-order valence-electron chi connectivity index (χ4n) is 3.85. The number of ether oxygens (including phenoxy) is 1. The van der Waals surface area contributed by atoms with E-state index in [-0.39, 0.29) is 11.8 Å². The lowest BCUT2D eigenvalue weighted by molar-refractivity contribution is -0.115. The maximum atomic E-state index is 12.6. The summed E-state index contributed by atoms with van der Waals surface area (Å²) in [6, 6.07) is 7.49. The molecule has 4 rings (SSSR count). The van der Waals surface area contributed by atoms with Crippen molar-refractivity contribution in [2.45, 2.75) is 19.8 Å². The van der Waals surface area contributed by atoms with Crippen LogP contribution in [0.15, 0.2) is 30.5 Å². The van der Waals surface area contributed by atoms with Gasteiger partial charge in [0.25, 0.3) is 5.91 Å². The van der Waals surface area contributed by atoms with Crippen molar-refractivity contribution in [1.82, 2.24) is 19.7 Å². The first-order chi connectivity index (χ1) is 15.4. The average Bonchev–Trinajstić information content (AvgIpc) is 3.45. The molecule has 1 aliphatic heterocycles. The summed E-state index contributed by atoms with van der Waals surface area (Å²) in [6.07, 6.45) is 3.37. The molecule has 9 heteroatoms. The molecule has 2 amide bonds. The van der Waals surface area contributed by atoms with Gasteiger partial charge in [-0.05, 0) is 42.7 Å². The largest absolute Gasteiger partial charge is 0.477 e. The summed E-state index contributed by atoms with van der Waals surface area (Å²) in [5.74, 6) is 0.410. The van der Waals surface area contributed by atoms with Crippen LogP contribution >= 0.6 is 0 Å². The molecule has 0 unspecified atom stereocenters. The van der Waals surface area contributed by atoms with Gasteiger partial charge < -0.3 is 19.9 Å². The predicted octanol–water partition coefficient (Wildman–Crippen LogP) is 2.57. The van der Waals surface area contributed by atoms with Crippen LogP contribution in [0.3, 0.4) is 0 Å². The summed E-state index contributed by atoms with van der Waals surface area (Å²) in [5.41, 5.74) is 5.01. The van der Waals surface area contributed by atoms with E-state index in [4.69, 9.17) is 4.74 Å². The van der Waals surface area contributed by atoms with Gasteiger partial charge in [-0.2, -0.15) is 5.10 Å². The molecule has 9 nitrogen and oxygen atoms in total. The van der Waals surface area contributed by atoms with Crippen LogP contribution in [0.25, 0.3) is 11.1 Å². The fourth-order valence-corrected chi connectivity index (χ4v) is 3.85. The van der Waals surface area contributed by atoms with Crippen molar-refractivity contribution < 1.29 is 19.1 Å². The van der Waals surface area contributed by atoms with E-state index in [2.05, 4.69) is 15.4 Å². The zero-order chi connectivity index (χ0) is 22.8. The number of aldehydes is 1. The van der Waals surface area contributed by atoms with Gasteiger partial charge in [0.2, 0.25) is 11.8 Å². The summed E-state index contributed by atoms with van der Waals surface area (Å²) >= 11 is 0. The third-order valence-corrected chi connectivity index (χ3v) is 5.48. The molecule has 1 aromatic carbocycles. The highest BCUT2D eigenvalue weighted by atomic mass is 16.5. The van der Waals surface area contributed by atoms with E-state index in [1.54, 1.807) is 35.8 Å². The van der Waals surface area contributed by atoms with Crippen LogP contribution in [-0.4, -0.2) is 58.0 Å². The van der Waals surface area contributed by atoms with Gasteiger partial charge in [0, 0.05) is 32.0 Å². The Balaban J connectivity index is 1.38. The molecule has 0 fully saturated rings. The highest BCUT2D eigenvalue weighted by Crippen LogP contribution is 2.33. The molecular formula is C23H25N5O4. The van der Waals surface area contributed by atoms with Gasteiger partial charge in [0.15, 0.2) is 6.29 Å². The average molecular weight is 435 g/mol. The first kappa shape index (κ1) is 21.4. The number of carbonyl (C=O) groups excluding carboxylic acids is 3. The number of aromatic amines is 1. The van der Waals surface area contributed by atoms with Gasteiger partial charge in [-0.1, -0.05) is 6.07 Å². The van der Waals surface area contributed by atoms with Crippen molar-refractivity contribution in [3.05, 3.63) is 53.0 Å². The van der Waals surface area contributed by atoms with Crippen molar-refractivity contribution in [2.75, 3.05) is 25.5 Å². The molecule has 2 aromatic heterocycles. The number of rotatable bonds is 8. The third kappa shape index (κ3) is 4.14. The quantitative estimate of drug-likeness (QED) is 0.418. The van der Waals surface area contributed by atoms with Crippen LogP contribution in [-0.2, 0) is 18.3 Å². The Labute approximate surface area is 185 Å². The fraction of sp³-hybridized carbons (Fsp3) is 0.304. The minimum absolute atomic E-state index is 0.00598. The number of hydrogen-bond acceptors (Lipinski definition) is 5. The predicted molar refractivity (Wildman–Crippen MR) is 119 cm³/mol. The van der Waals surface area contributed by atoms with E-state index in [1.165, 1.54) is 0 Å². The Morgan fingerprint density at radius 2 is 2.16 bits per heavy atom. The van der Waals surface area contributed by atoms with Gasteiger partial charge in [-0.25, -0.2) is 4.68 Å². The maximum absolute atomic E-state index is 12.6. The second-order valence-corrected chi connectivity index (χ2v) is 7.91. The first-order valence-corrected chi connectivity index (χ1v) is 10.4. The number of anilines is 1. The van der Waals surface area contributed by atoms with Crippen molar-refractivity contribution in [1.29, 1.82) is 0 Å². The van der Waals surface area contributed by atoms with Gasteiger partial charge >= 0.3 is 0 Å². The number of fused-ring (bicyclic) bond motifs is 1. The van der Waals surface area contributed by atoms with E-state index >= 15 is 0 Å². The van der Waals surface area contributed by atoms with Crippen LogP contribution in [0.5, 0.6) is 5.88 Å². The summed E-state index contributed by atoms with van der Waals surface area (Å²) in [4.78, 5) is 39.9. The number of nitrogens with zero attached hydrogens (tertiary/aromatic N) is 3. The molecule has 2 N–H and O–H groups in total. The van der Waals surface area contributed by atoms with Crippen LogP contribution in [0.4, 0.5) is 5.69 Å². The number of nitrogens with one attached hydrogen (secondary N) is 2. The number of aromatic nitrogens is 3. The van der Waals surface area contributed by atoms with Gasteiger partial charge in [0.05, 0.1) is 36.0 Å². The Morgan fingerprint density at radius 3 is 2.94 bits per heavy atom. The number of hydrogen-bond donors (Lipinski definition) is 2. The molecular weight excluding hydrogens is 410 g/mol. The molecule has 166 valence electrons. The number of carbonyl (C=O) groups is 3. The highest BCUT2D eigenvalue weighted by Gasteiger charge is 2.21. The van der Waals surface area contributed by atoms with E-state index < -0.39 is 0 Å². The third-order valence-electron chi connectivity index (χ3n) is 5.48. The Hall–Kier alpha value is -3.88. The lowest BCUT2D eigenvalue weighted by Crippen LogP contribution is -2.29. The molecule has 0 spiro atoms. The first-order valence-electron chi connectivity index (χ1n) is 10.4. The standard InChI is InChI=1S/C23H25N5O4/c1-14-9-17(20(13-29)25-14)22(31)27(2)7-4-8-32-23-18(12-24-28(23)3)15-5-6-19-16(10-15)11-21(30)26-19/h5-6,9-10,12-13,25H,4,7-8,11H2,1-3H3,(H,26,30). The van der Waals surface area contributed by atoms with Gasteiger partial charge in [-0.3, -0.25) is 14.4 Å². The molecule has 3 aromatic rings. The summed E-state index contributed by atoms with van der Waals surface area (Å²) in [6.45, 7) is 2.67. The number of H-pyrrole nitrogens is 1. The summed E-state index contributed by atoms with van der Waals surface area (Å²) < 4.78 is 7.67. The van der Waals surface area contributed by atoms with E-state index in [0.717, 1.165) is 28.1 Å². The minimum atomic E-state index is -0.209. The zero-order valence-electron chi connectivity index (χ0n) is 18.3. The molecule has 0 saturated carbocycles. The van der Waals surface area contributed by atoms with Crippen molar-refractivity contribution in [2.24, 2.45) is 7.05 Å². The molecule has 1 aliphatic rings. The van der Waals surface area contributed by atoms with E-state index in [1.807, 2.05) is 25.2 Å². The van der Waals surface area contributed by atoms with E-state index in [9.17, 15) is 14.4 Å². The van der Waals surface area contributed by atoms with Crippen molar-refractivity contribution >= 4 is 23.8 Å². The van der Waals surface area contributed by atoms with Crippen molar-refractivity contribution in [3.8, 4) is 17.0 Å². The van der Waals surface area contributed by atoms with Crippen LogP contribution < -0.4 is 10.1 Å². The smallest absolute Gasteiger partial charge is 0.255 e. The Bertz CT molecular complexity index is 1190. The van der Waals surface area contributed by atoms with Crippen LogP contribution in [0.1, 0.15) is 38.5 Å². The zero-order valence-corrected chi connectivity index (χ0v) is 18.3. The summed E-state index contributed by atoms with van der Waals surface area (Å²) in [7, 11) is 3.51. The minimum Gasteiger partial charge on any atom is -0.477 e. The summed E-state index contributed by atoms with van der Waals surface area (Å²) in [5, 5.41) is 7.15. The topological polar surface area (TPSA) is 109 Å². The molecule has 0 saturated heterocycles. The molecule has 0 atom stereocenters. The van der Waals surface area contributed by atoms with Crippen LogP contribution in [0, 0.1) is 6.92 Å². The van der Waals surface area contributed by atoms with Crippen LogP contribution in [0.2, 0.25) is 0 Å².